The lowest BCUT2D eigenvalue weighted by atomic mass is 10.2. The number of nitrogens with one attached hydrogen (secondary N) is 2. The van der Waals surface area contributed by atoms with Crippen LogP contribution in [-0.2, 0) is 22.6 Å². The Hall–Kier alpha value is -4.51. The van der Waals surface area contributed by atoms with Crippen molar-refractivity contribution in [3.05, 3.63) is 90.4 Å². The van der Waals surface area contributed by atoms with Crippen LogP contribution in [0.5, 0.6) is 0 Å². The average molecular weight is 532 g/mol. The number of aromatic nitrogens is 4. The molecule has 0 bridgehead atoms. The smallest absolute Gasteiger partial charge is 0.229 e. The molecule has 5 aromatic rings. The third kappa shape index (κ3) is 5.73. The molecule has 3 aromatic carbocycles. The Labute approximate surface area is 219 Å². The second-order valence-corrected chi connectivity index (χ2v) is 11.1. The summed E-state index contributed by atoms with van der Waals surface area (Å²) in [7, 11) is 0.709. The highest BCUT2D eigenvalue weighted by Gasteiger charge is 2.13. The highest BCUT2D eigenvalue weighted by Crippen LogP contribution is 2.29. The van der Waals surface area contributed by atoms with Gasteiger partial charge in [0.2, 0.25) is 11.9 Å². The van der Waals surface area contributed by atoms with E-state index in [2.05, 4.69) is 20.6 Å². The van der Waals surface area contributed by atoms with Gasteiger partial charge >= 0.3 is 0 Å². The van der Waals surface area contributed by atoms with E-state index in [1.807, 2.05) is 41.8 Å². The molecule has 2 heterocycles. The predicted octanol–water partition coefficient (Wildman–Crippen LogP) is 5.30. The second kappa shape index (κ2) is 10.1. The summed E-state index contributed by atoms with van der Waals surface area (Å²) < 4.78 is 38.5. The van der Waals surface area contributed by atoms with Crippen LogP contribution in [0.15, 0.2) is 79.0 Å². The van der Waals surface area contributed by atoms with E-state index < -0.39 is 9.84 Å². The lowest BCUT2D eigenvalue weighted by Crippen LogP contribution is -2.12. The second-order valence-electron chi connectivity index (χ2n) is 8.99. The van der Waals surface area contributed by atoms with E-state index in [9.17, 15) is 12.8 Å². The summed E-state index contributed by atoms with van der Waals surface area (Å²) in [5.74, 6) is 1.35. The van der Waals surface area contributed by atoms with Crippen LogP contribution in [0.3, 0.4) is 0 Å². The van der Waals surface area contributed by atoms with E-state index in [1.54, 1.807) is 48.7 Å². The van der Waals surface area contributed by atoms with Crippen molar-refractivity contribution in [2.24, 2.45) is 7.05 Å². The zero-order valence-electron chi connectivity index (χ0n) is 21.1. The van der Waals surface area contributed by atoms with Crippen LogP contribution in [-0.4, -0.2) is 41.2 Å². The first-order valence-electron chi connectivity index (χ1n) is 11.7. The number of rotatable bonds is 8. The van der Waals surface area contributed by atoms with Gasteiger partial charge in [-0.25, -0.2) is 22.8 Å². The zero-order valence-corrected chi connectivity index (χ0v) is 21.9. The van der Waals surface area contributed by atoms with Gasteiger partial charge in [-0.3, -0.25) is 0 Å². The van der Waals surface area contributed by atoms with Crippen molar-refractivity contribution in [2.45, 2.75) is 5.75 Å². The Morgan fingerprint density at radius 3 is 2.47 bits per heavy atom. The van der Waals surface area contributed by atoms with E-state index >= 15 is 0 Å². The minimum Gasteiger partial charge on any atom is -0.329 e. The summed E-state index contributed by atoms with van der Waals surface area (Å²) in [5, 5.41) is 6.33. The van der Waals surface area contributed by atoms with Gasteiger partial charge in [-0.2, -0.15) is 4.98 Å². The maximum atomic E-state index is 13.6. The predicted molar refractivity (Wildman–Crippen MR) is 149 cm³/mol. The number of hydrogen-bond donors (Lipinski definition) is 2. The molecule has 0 saturated carbocycles. The Morgan fingerprint density at radius 1 is 0.947 bits per heavy atom. The molecule has 11 heteroatoms. The van der Waals surface area contributed by atoms with Crippen molar-refractivity contribution >= 4 is 55.6 Å². The standard InChI is InChI=1S/C27H26FN7O2S/c1-34(25-13-14-29-26(33-25)30-20-9-7-18(8-10-20)17-38(3,36)37)22-11-12-24-23(16-22)32-27(35(24)2)31-21-6-4-5-19(28)15-21/h4-16H,17H2,1-3H3,(H,31,32)(H,29,30,33). The summed E-state index contributed by atoms with van der Waals surface area (Å²) in [6.45, 7) is 0. The van der Waals surface area contributed by atoms with Crippen molar-refractivity contribution in [1.82, 2.24) is 19.5 Å². The molecule has 0 amide bonds. The lowest BCUT2D eigenvalue weighted by Gasteiger charge is -2.19. The average Bonchev–Trinajstić information content (AvgIpc) is 3.18. The maximum Gasteiger partial charge on any atom is 0.229 e. The number of fused-ring (bicyclic) bond motifs is 1. The molecule has 0 aliphatic carbocycles. The van der Waals surface area contributed by atoms with Gasteiger partial charge in [0.15, 0.2) is 9.84 Å². The summed E-state index contributed by atoms with van der Waals surface area (Å²) >= 11 is 0. The van der Waals surface area contributed by atoms with Gasteiger partial charge in [-0.05, 0) is 60.2 Å². The topological polar surface area (TPSA) is 105 Å². The highest BCUT2D eigenvalue weighted by atomic mass is 32.2. The molecule has 9 nitrogen and oxygen atoms in total. The molecule has 0 aliphatic heterocycles. The van der Waals surface area contributed by atoms with Crippen molar-refractivity contribution in [3.8, 4) is 0 Å². The van der Waals surface area contributed by atoms with Gasteiger partial charge in [-0.15, -0.1) is 0 Å². The molecule has 5 rings (SSSR count). The van der Waals surface area contributed by atoms with Gasteiger partial charge in [0, 0.05) is 43.6 Å². The Bertz CT molecular complexity index is 1720. The first-order valence-corrected chi connectivity index (χ1v) is 13.8. The van der Waals surface area contributed by atoms with E-state index in [-0.39, 0.29) is 11.6 Å². The number of nitrogens with zero attached hydrogens (tertiary/aromatic N) is 5. The fraction of sp³-hybridized carbons (Fsp3) is 0.148. The SMILES string of the molecule is CN(c1ccc2c(c1)nc(Nc1cccc(F)c1)n2C)c1ccnc(Nc2ccc(CS(C)(=O)=O)cc2)n1. The molecule has 0 fully saturated rings. The van der Waals surface area contributed by atoms with Crippen molar-refractivity contribution in [1.29, 1.82) is 0 Å². The van der Waals surface area contributed by atoms with Crippen LogP contribution >= 0.6 is 0 Å². The third-order valence-electron chi connectivity index (χ3n) is 5.96. The van der Waals surface area contributed by atoms with Crippen molar-refractivity contribution < 1.29 is 12.8 Å². The third-order valence-corrected chi connectivity index (χ3v) is 6.81. The zero-order chi connectivity index (χ0) is 26.9. The molecule has 0 saturated heterocycles. The summed E-state index contributed by atoms with van der Waals surface area (Å²) in [4.78, 5) is 15.6. The molecule has 194 valence electrons. The quantitative estimate of drug-likeness (QED) is 0.278. The normalized spacial score (nSPS) is 11.5. The van der Waals surface area contributed by atoms with Crippen LogP contribution in [0, 0.1) is 5.82 Å². The highest BCUT2D eigenvalue weighted by molar-refractivity contribution is 7.89. The number of benzene rings is 3. The fourth-order valence-corrected chi connectivity index (χ4v) is 4.85. The minimum absolute atomic E-state index is 0.00691. The molecule has 2 N–H and O–H groups in total. The van der Waals surface area contributed by atoms with Gasteiger partial charge < -0.3 is 20.1 Å². The van der Waals surface area contributed by atoms with Gasteiger partial charge in [-0.1, -0.05) is 18.2 Å². The maximum absolute atomic E-state index is 13.6. The molecular weight excluding hydrogens is 505 g/mol. The van der Waals surface area contributed by atoms with E-state index in [4.69, 9.17) is 4.98 Å². The Morgan fingerprint density at radius 2 is 1.74 bits per heavy atom. The van der Waals surface area contributed by atoms with E-state index in [0.29, 0.717) is 29.0 Å². The van der Waals surface area contributed by atoms with E-state index in [0.717, 1.165) is 22.4 Å². The molecule has 0 radical (unpaired) electrons. The van der Waals surface area contributed by atoms with Crippen molar-refractivity contribution in [3.63, 3.8) is 0 Å². The lowest BCUT2D eigenvalue weighted by molar-refractivity contribution is 0.601. The first-order chi connectivity index (χ1) is 18.1. The van der Waals surface area contributed by atoms with Crippen LogP contribution in [0.1, 0.15) is 5.56 Å². The fourth-order valence-electron chi connectivity index (χ4n) is 4.05. The monoisotopic (exact) mass is 531 g/mol. The number of anilines is 6. The molecular formula is C27H26FN7O2S. The molecule has 38 heavy (non-hydrogen) atoms. The van der Waals surface area contributed by atoms with Crippen LogP contribution in [0.25, 0.3) is 11.0 Å². The number of aryl methyl sites for hydroxylation is 1. The van der Waals surface area contributed by atoms with Gasteiger partial charge in [0.1, 0.15) is 11.6 Å². The van der Waals surface area contributed by atoms with Crippen molar-refractivity contribution in [2.75, 3.05) is 28.8 Å². The number of hydrogen-bond acceptors (Lipinski definition) is 8. The van der Waals surface area contributed by atoms with Gasteiger partial charge in [0.25, 0.3) is 0 Å². The molecule has 0 spiro atoms. The first kappa shape index (κ1) is 25.2. The summed E-state index contributed by atoms with van der Waals surface area (Å²) in [5.41, 5.74) is 4.65. The Balaban J connectivity index is 1.34. The van der Waals surface area contributed by atoms with Crippen LogP contribution < -0.4 is 15.5 Å². The number of imidazole rings is 1. The number of sulfone groups is 1. The minimum atomic E-state index is -3.09. The number of halogens is 1. The van der Waals surface area contributed by atoms with Crippen LogP contribution in [0.2, 0.25) is 0 Å². The largest absolute Gasteiger partial charge is 0.329 e. The van der Waals surface area contributed by atoms with Crippen LogP contribution in [0.4, 0.5) is 39.2 Å². The van der Waals surface area contributed by atoms with E-state index in [1.165, 1.54) is 18.4 Å². The molecule has 0 aliphatic rings. The van der Waals surface area contributed by atoms with Gasteiger partial charge in [0.05, 0.1) is 16.8 Å². The molecule has 2 aromatic heterocycles. The Kier molecular flexibility index (Phi) is 6.68. The summed E-state index contributed by atoms with van der Waals surface area (Å²) in [6.07, 6.45) is 2.88. The summed E-state index contributed by atoms with van der Waals surface area (Å²) in [6, 6.07) is 21.1. The molecule has 0 atom stereocenters. The molecule has 0 unspecified atom stereocenters.